The summed E-state index contributed by atoms with van der Waals surface area (Å²) in [5.41, 5.74) is 3.08. The molecule has 1 saturated heterocycles. The molecular formula is C20H24N2O3. The van der Waals surface area contributed by atoms with Crippen molar-refractivity contribution in [3.63, 3.8) is 0 Å². The molecule has 25 heavy (non-hydrogen) atoms. The van der Waals surface area contributed by atoms with Crippen molar-refractivity contribution < 1.29 is 14.4 Å². The Morgan fingerprint density at radius 2 is 1.72 bits per heavy atom. The van der Waals surface area contributed by atoms with Crippen LogP contribution >= 0.6 is 0 Å². The van der Waals surface area contributed by atoms with Crippen LogP contribution in [-0.4, -0.2) is 29.2 Å². The summed E-state index contributed by atoms with van der Waals surface area (Å²) in [7, 11) is 0. The van der Waals surface area contributed by atoms with Crippen LogP contribution in [0.1, 0.15) is 36.8 Å². The number of hydrogen-bond donors (Lipinski definition) is 1. The minimum absolute atomic E-state index is 0.0751. The van der Waals surface area contributed by atoms with Crippen molar-refractivity contribution in [1.82, 2.24) is 4.90 Å². The predicted octanol–water partition coefficient (Wildman–Crippen LogP) is 2.97. The summed E-state index contributed by atoms with van der Waals surface area (Å²) in [6, 6.07) is 5.80. The van der Waals surface area contributed by atoms with E-state index in [-0.39, 0.29) is 36.0 Å². The number of nitrogens with one attached hydrogen (secondary N) is 1. The van der Waals surface area contributed by atoms with Crippen LogP contribution in [0.4, 0.5) is 5.69 Å². The molecule has 1 aliphatic carbocycles. The molecule has 1 aromatic carbocycles. The Hall–Kier alpha value is -2.43. The third-order valence-electron chi connectivity index (χ3n) is 5.18. The molecule has 3 rings (SSSR count). The van der Waals surface area contributed by atoms with Crippen LogP contribution in [0.5, 0.6) is 0 Å². The summed E-state index contributed by atoms with van der Waals surface area (Å²) < 4.78 is 0. The summed E-state index contributed by atoms with van der Waals surface area (Å²) in [6.07, 6.45) is 6.04. The van der Waals surface area contributed by atoms with Gasteiger partial charge >= 0.3 is 0 Å². The summed E-state index contributed by atoms with van der Waals surface area (Å²) >= 11 is 0. The van der Waals surface area contributed by atoms with E-state index in [0.717, 1.165) is 11.3 Å². The molecule has 1 aliphatic heterocycles. The number of benzene rings is 1. The number of aryl methyl sites for hydroxylation is 2. The fourth-order valence-corrected chi connectivity index (χ4v) is 3.53. The van der Waals surface area contributed by atoms with Crippen molar-refractivity contribution in [3.8, 4) is 0 Å². The topological polar surface area (TPSA) is 66.5 Å². The Kier molecular flexibility index (Phi) is 5.02. The Balaban J connectivity index is 1.49. The van der Waals surface area contributed by atoms with Crippen LogP contribution in [0.3, 0.4) is 0 Å². The molecule has 0 aromatic heterocycles. The number of carbonyl (C=O) groups is 3. The van der Waals surface area contributed by atoms with Gasteiger partial charge in [-0.05, 0) is 56.4 Å². The lowest BCUT2D eigenvalue weighted by molar-refractivity contribution is -0.140. The van der Waals surface area contributed by atoms with Crippen LogP contribution in [0, 0.1) is 25.7 Å². The highest BCUT2D eigenvalue weighted by atomic mass is 16.2. The molecule has 1 fully saturated rings. The highest BCUT2D eigenvalue weighted by molar-refractivity contribution is 6.05. The molecule has 132 valence electrons. The summed E-state index contributed by atoms with van der Waals surface area (Å²) in [5.74, 6) is -0.631. The molecule has 1 N–H and O–H groups in total. The highest BCUT2D eigenvalue weighted by Gasteiger charge is 2.46. The Labute approximate surface area is 148 Å². The number of nitrogens with zero attached hydrogens (tertiary/aromatic N) is 1. The number of carbonyl (C=O) groups excluding carboxylic acids is 3. The van der Waals surface area contributed by atoms with Gasteiger partial charge in [-0.2, -0.15) is 0 Å². The lowest BCUT2D eigenvalue weighted by Crippen LogP contribution is -2.32. The van der Waals surface area contributed by atoms with Crippen LogP contribution in [0.2, 0.25) is 0 Å². The largest absolute Gasteiger partial charge is 0.326 e. The maximum Gasteiger partial charge on any atom is 0.233 e. The summed E-state index contributed by atoms with van der Waals surface area (Å²) in [4.78, 5) is 38.2. The minimum atomic E-state index is -0.193. The Morgan fingerprint density at radius 3 is 2.32 bits per heavy atom. The van der Waals surface area contributed by atoms with E-state index in [2.05, 4.69) is 5.32 Å². The van der Waals surface area contributed by atoms with Crippen LogP contribution in [0.25, 0.3) is 0 Å². The van der Waals surface area contributed by atoms with Gasteiger partial charge in [0.1, 0.15) is 0 Å². The van der Waals surface area contributed by atoms with Gasteiger partial charge in [-0.25, -0.2) is 0 Å². The molecule has 0 bridgehead atoms. The molecule has 5 heteroatoms. The van der Waals surface area contributed by atoms with E-state index < -0.39 is 0 Å². The Bertz CT molecular complexity index is 712. The van der Waals surface area contributed by atoms with Gasteiger partial charge in [0.25, 0.3) is 0 Å². The van der Waals surface area contributed by atoms with Gasteiger partial charge < -0.3 is 5.32 Å². The summed E-state index contributed by atoms with van der Waals surface area (Å²) in [5, 5.41) is 2.87. The van der Waals surface area contributed by atoms with Gasteiger partial charge in [-0.3, -0.25) is 19.3 Å². The number of fused-ring (bicyclic) bond motifs is 1. The average molecular weight is 340 g/mol. The first-order chi connectivity index (χ1) is 12.0. The number of anilines is 1. The zero-order valence-corrected chi connectivity index (χ0v) is 14.7. The van der Waals surface area contributed by atoms with E-state index in [1.807, 2.05) is 44.2 Å². The van der Waals surface area contributed by atoms with E-state index in [4.69, 9.17) is 0 Å². The monoisotopic (exact) mass is 340 g/mol. The molecule has 2 aliphatic rings. The van der Waals surface area contributed by atoms with Crippen LogP contribution in [0.15, 0.2) is 30.4 Å². The molecular weight excluding hydrogens is 316 g/mol. The lowest BCUT2D eigenvalue weighted by Gasteiger charge is -2.14. The second-order valence-electron chi connectivity index (χ2n) is 6.93. The molecule has 1 aromatic rings. The third-order valence-corrected chi connectivity index (χ3v) is 5.18. The number of likely N-dealkylation sites (tertiary alicyclic amines) is 1. The zero-order chi connectivity index (χ0) is 18.0. The van der Waals surface area contributed by atoms with Crippen molar-refractivity contribution >= 4 is 23.4 Å². The average Bonchev–Trinajstić information content (AvgIpc) is 2.83. The fourth-order valence-electron chi connectivity index (χ4n) is 3.53. The van der Waals surface area contributed by atoms with E-state index >= 15 is 0 Å². The first-order valence-corrected chi connectivity index (χ1v) is 8.84. The molecule has 0 spiro atoms. The molecule has 0 radical (unpaired) electrons. The van der Waals surface area contributed by atoms with E-state index in [9.17, 15) is 14.4 Å². The van der Waals surface area contributed by atoms with E-state index in [1.165, 1.54) is 10.5 Å². The molecule has 3 amide bonds. The van der Waals surface area contributed by atoms with Crippen LogP contribution < -0.4 is 5.32 Å². The second kappa shape index (κ2) is 7.21. The quantitative estimate of drug-likeness (QED) is 0.662. The predicted molar refractivity (Wildman–Crippen MR) is 95.9 cm³/mol. The van der Waals surface area contributed by atoms with Gasteiger partial charge in [0.2, 0.25) is 17.7 Å². The highest BCUT2D eigenvalue weighted by Crippen LogP contribution is 2.35. The van der Waals surface area contributed by atoms with Crippen LogP contribution in [-0.2, 0) is 14.4 Å². The van der Waals surface area contributed by atoms with Crippen molar-refractivity contribution in [1.29, 1.82) is 0 Å². The molecule has 0 saturated carbocycles. The standard InChI is InChI=1S/C20H24N2O3/c1-13-9-10-15(12-14(13)2)21-18(23)8-5-11-22-19(24)16-6-3-4-7-17(16)20(22)25/h3-4,9-10,12,16-17H,5-8,11H2,1-2H3,(H,21,23)/t16-,17-/m1/s1. The van der Waals surface area contributed by atoms with Gasteiger partial charge in [-0.15, -0.1) is 0 Å². The van der Waals surface area contributed by atoms with Gasteiger partial charge in [0.15, 0.2) is 0 Å². The minimum Gasteiger partial charge on any atom is -0.326 e. The number of rotatable bonds is 5. The van der Waals surface area contributed by atoms with Crippen molar-refractivity contribution in [2.24, 2.45) is 11.8 Å². The zero-order valence-electron chi connectivity index (χ0n) is 14.7. The normalized spacial score (nSPS) is 22.2. The van der Waals surface area contributed by atoms with E-state index in [0.29, 0.717) is 25.8 Å². The number of hydrogen-bond acceptors (Lipinski definition) is 3. The SMILES string of the molecule is Cc1ccc(NC(=O)CCCN2C(=O)[C@@H]3CC=CC[C@H]3C2=O)cc1C. The second-order valence-corrected chi connectivity index (χ2v) is 6.93. The number of amides is 3. The Morgan fingerprint density at radius 1 is 1.08 bits per heavy atom. The number of allylic oxidation sites excluding steroid dienone is 2. The van der Waals surface area contributed by atoms with E-state index in [1.54, 1.807) is 0 Å². The van der Waals surface area contributed by atoms with Gasteiger partial charge in [0, 0.05) is 18.7 Å². The molecule has 5 nitrogen and oxygen atoms in total. The number of imide groups is 1. The molecule has 0 unspecified atom stereocenters. The van der Waals surface area contributed by atoms with Crippen molar-refractivity contribution in [2.75, 3.05) is 11.9 Å². The maximum atomic E-state index is 12.4. The third kappa shape index (κ3) is 3.65. The van der Waals surface area contributed by atoms with Gasteiger partial charge in [0.05, 0.1) is 11.8 Å². The molecule has 2 atom stereocenters. The van der Waals surface area contributed by atoms with Crippen molar-refractivity contribution in [2.45, 2.75) is 39.5 Å². The first kappa shape index (κ1) is 17.4. The fraction of sp³-hybridized carbons (Fsp3) is 0.450. The lowest BCUT2D eigenvalue weighted by atomic mass is 9.85. The molecule has 1 heterocycles. The first-order valence-electron chi connectivity index (χ1n) is 8.84. The summed E-state index contributed by atoms with van der Waals surface area (Å²) in [6.45, 7) is 4.35. The maximum absolute atomic E-state index is 12.4. The van der Waals surface area contributed by atoms with Crippen molar-refractivity contribution in [3.05, 3.63) is 41.5 Å². The smallest absolute Gasteiger partial charge is 0.233 e. The van der Waals surface area contributed by atoms with Gasteiger partial charge in [-0.1, -0.05) is 18.2 Å².